The number of hydrogen-bond acceptors (Lipinski definition) is 1. The molecular formula is C5H7NaO2. The van der Waals surface area contributed by atoms with Crippen molar-refractivity contribution in [3.63, 3.8) is 0 Å². The first-order valence-corrected chi connectivity index (χ1v) is 1.73. The predicted molar refractivity (Wildman–Crippen MR) is 34.1 cm³/mol. The van der Waals surface area contributed by atoms with Crippen LogP contribution >= 0.6 is 0 Å². The third kappa shape index (κ3) is 4.12. The molecule has 0 saturated carbocycles. The van der Waals surface area contributed by atoms with Crippen LogP contribution in [0.15, 0.2) is 24.8 Å². The molecule has 0 aromatic rings. The zero-order valence-electron chi connectivity index (χ0n) is 3.85. The summed E-state index contributed by atoms with van der Waals surface area (Å²) < 4.78 is 0. The van der Waals surface area contributed by atoms with E-state index < -0.39 is 5.97 Å². The molecule has 2 nitrogen and oxygen atoms in total. The second kappa shape index (κ2) is 5.09. The zero-order valence-corrected chi connectivity index (χ0v) is 3.85. The van der Waals surface area contributed by atoms with E-state index >= 15 is 0 Å². The van der Waals surface area contributed by atoms with Crippen molar-refractivity contribution in [2.24, 2.45) is 0 Å². The van der Waals surface area contributed by atoms with Crippen molar-refractivity contribution in [2.75, 3.05) is 0 Å². The topological polar surface area (TPSA) is 37.3 Å². The van der Waals surface area contributed by atoms with Gasteiger partial charge in [0.15, 0.2) is 0 Å². The quantitative estimate of drug-likeness (QED) is 0.322. The first-order chi connectivity index (χ1) is 3.18. The van der Waals surface area contributed by atoms with E-state index in [0.717, 1.165) is 0 Å². The van der Waals surface area contributed by atoms with Crippen LogP contribution in [0.1, 0.15) is 0 Å². The van der Waals surface area contributed by atoms with E-state index in [1.54, 1.807) is 0 Å². The first-order valence-electron chi connectivity index (χ1n) is 1.73. The Morgan fingerprint density at radius 3 is 2.00 bits per heavy atom. The van der Waals surface area contributed by atoms with Crippen molar-refractivity contribution >= 4 is 35.5 Å². The van der Waals surface area contributed by atoms with Crippen molar-refractivity contribution in [2.45, 2.75) is 0 Å². The van der Waals surface area contributed by atoms with Crippen LogP contribution in [0.3, 0.4) is 0 Å². The summed E-state index contributed by atoms with van der Waals surface area (Å²) in [6, 6.07) is 0. The summed E-state index contributed by atoms with van der Waals surface area (Å²) in [4.78, 5) is 9.76. The minimum absolute atomic E-state index is 0. The van der Waals surface area contributed by atoms with Crippen LogP contribution in [-0.4, -0.2) is 40.6 Å². The Balaban J connectivity index is 0. The Morgan fingerprint density at radius 2 is 2.00 bits per heavy atom. The van der Waals surface area contributed by atoms with Gasteiger partial charge in [-0.15, -0.1) is 0 Å². The fourth-order valence-corrected chi connectivity index (χ4v) is 0.0873. The third-order valence-corrected chi connectivity index (χ3v) is 0.521. The molecule has 0 saturated heterocycles. The van der Waals surface area contributed by atoms with E-state index in [2.05, 4.69) is 13.2 Å². The van der Waals surface area contributed by atoms with Gasteiger partial charge in [0.2, 0.25) is 0 Å². The van der Waals surface area contributed by atoms with Gasteiger partial charge in [0, 0.05) is 0 Å². The molecule has 40 valence electrons. The van der Waals surface area contributed by atoms with Crippen molar-refractivity contribution in [1.82, 2.24) is 0 Å². The molecule has 0 aromatic carbocycles. The van der Waals surface area contributed by atoms with Crippen molar-refractivity contribution in [3.8, 4) is 0 Å². The summed E-state index contributed by atoms with van der Waals surface area (Å²) in [6.07, 6.45) is 1.20. The van der Waals surface area contributed by atoms with Gasteiger partial charge in [0.05, 0.1) is 5.57 Å². The molecule has 0 unspecified atom stereocenters. The maximum atomic E-state index is 9.76. The Kier molecular flexibility index (Phi) is 6.91. The molecule has 3 heteroatoms. The summed E-state index contributed by atoms with van der Waals surface area (Å²) in [5, 5.41) is 8.01. The third-order valence-electron chi connectivity index (χ3n) is 0.521. The van der Waals surface area contributed by atoms with Gasteiger partial charge in [0.25, 0.3) is 0 Å². The predicted octanol–water partition coefficient (Wildman–Crippen LogP) is 0.165. The number of carboxylic acids is 1. The summed E-state index contributed by atoms with van der Waals surface area (Å²) in [5.41, 5.74) is 0.0278. The average Bonchev–Trinajstić information content (AvgIpc) is 1.65. The molecule has 8 heavy (non-hydrogen) atoms. The average molecular weight is 122 g/mol. The van der Waals surface area contributed by atoms with Crippen molar-refractivity contribution < 1.29 is 9.90 Å². The monoisotopic (exact) mass is 122 g/mol. The molecule has 0 heterocycles. The van der Waals surface area contributed by atoms with Crippen LogP contribution in [0.25, 0.3) is 0 Å². The van der Waals surface area contributed by atoms with Crippen LogP contribution in [-0.2, 0) is 4.79 Å². The molecule has 0 atom stereocenters. The SMILES string of the molecule is C=CC(=C)C(=O)O.[NaH]. The van der Waals surface area contributed by atoms with E-state index in [0.29, 0.717) is 0 Å². The molecule has 0 radical (unpaired) electrons. The standard InChI is InChI=1S/C5H6O2.Na.H/c1-3-4(2)5(6)7;;/h3H,1-2H2,(H,6,7);;. The molecule has 0 fully saturated rings. The van der Waals surface area contributed by atoms with Gasteiger partial charge in [-0.05, 0) is 0 Å². The molecular weight excluding hydrogens is 115 g/mol. The Bertz CT molecular complexity index is 118. The van der Waals surface area contributed by atoms with Crippen molar-refractivity contribution in [1.29, 1.82) is 0 Å². The normalized spacial score (nSPS) is 6.50. The molecule has 0 aromatic heterocycles. The Morgan fingerprint density at radius 1 is 1.62 bits per heavy atom. The molecule has 0 aliphatic heterocycles. The molecule has 0 aliphatic carbocycles. The van der Waals surface area contributed by atoms with Crippen LogP contribution in [0, 0.1) is 0 Å². The van der Waals surface area contributed by atoms with E-state index in [1.165, 1.54) is 6.08 Å². The molecule has 0 rings (SSSR count). The Hall–Kier alpha value is -0.0500. The summed E-state index contributed by atoms with van der Waals surface area (Å²) >= 11 is 0. The molecule has 0 aliphatic rings. The van der Waals surface area contributed by atoms with Gasteiger partial charge in [-0.3, -0.25) is 0 Å². The van der Waals surface area contributed by atoms with Gasteiger partial charge in [-0.1, -0.05) is 19.2 Å². The van der Waals surface area contributed by atoms with E-state index in [1.807, 2.05) is 0 Å². The van der Waals surface area contributed by atoms with E-state index in [4.69, 9.17) is 5.11 Å². The van der Waals surface area contributed by atoms with Gasteiger partial charge < -0.3 is 5.11 Å². The maximum absolute atomic E-state index is 9.76. The van der Waals surface area contributed by atoms with Gasteiger partial charge in [-0.2, -0.15) is 0 Å². The van der Waals surface area contributed by atoms with Crippen LogP contribution < -0.4 is 0 Å². The fraction of sp³-hybridized carbons (Fsp3) is 0. The molecule has 0 bridgehead atoms. The van der Waals surface area contributed by atoms with Gasteiger partial charge >= 0.3 is 35.5 Å². The molecule has 0 spiro atoms. The van der Waals surface area contributed by atoms with Crippen molar-refractivity contribution in [3.05, 3.63) is 24.8 Å². The number of carbonyl (C=O) groups is 1. The number of hydrogen-bond donors (Lipinski definition) is 1. The van der Waals surface area contributed by atoms with Crippen LogP contribution in [0.4, 0.5) is 0 Å². The molecule has 1 N–H and O–H groups in total. The first kappa shape index (κ1) is 10.8. The van der Waals surface area contributed by atoms with Gasteiger partial charge in [-0.25, -0.2) is 4.79 Å². The summed E-state index contributed by atoms with van der Waals surface area (Å²) in [7, 11) is 0. The van der Waals surface area contributed by atoms with Crippen LogP contribution in [0.2, 0.25) is 0 Å². The van der Waals surface area contributed by atoms with Gasteiger partial charge in [0.1, 0.15) is 0 Å². The van der Waals surface area contributed by atoms with E-state index in [-0.39, 0.29) is 35.1 Å². The summed E-state index contributed by atoms with van der Waals surface area (Å²) in [5.74, 6) is -1.02. The number of carboxylic acid groups (broad SMARTS) is 1. The second-order valence-electron chi connectivity index (χ2n) is 1.03. The van der Waals surface area contributed by atoms with Crippen LogP contribution in [0.5, 0.6) is 0 Å². The zero-order chi connectivity index (χ0) is 5.86. The molecule has 0 amide bonds. The minimum atomic E-state index is -1.02. The fourth-order valence-electron chi connectivity index (χ4n) is 0.0873. The number of rotatable bonds is 2. The van der Waals surface area contributed by atoms with E-state index in [9.17, 15) is 4.79 Å². The number of aliphatic carboxylic acids is 1. The second-order valence-corrected chi connectivity index (χ2v) is 1.03. The Labute approximate surface area is 70.2 Å². The summed E-state index contributed by atoms with van der Waals surface area (Å²) in [6.45, 7) is 6.36.